The summed E-state index contributed by atoms with van der Waals surface area (Å²) in [5.41, 5.74) is -4.57. The van der Waals surface area contributed by atoms with E-state index in [0.717, 1.165) is 5.57 Å². The summed E-state index contributed by atoms with van der Waals surface area (Å²) in [6.07, 6.45) is 3.91. The molecule has 158 valence electrons. The number of carbonyl (C=O) groups is 4. The number of ketones is 3. The Kier molecular flexibility index (Phi) is 4.28. The molecule has 1 unspecified atom stereocenters. The summed E-state index contributed by atoms with van der Waals surface area (Å²) in [7, 11) is 0. The summed E-state index contributed by atoms with van der Waals surface area (Å²) in [6, 6.07) is 0. The molecule has 0 aliphatic heterocycles. The van der Waals surface area contributed by atoms with Crippen LogP contribution in [0.2, 0.25) is 0 Å². The molecule has 0 bridgehead atoms. The number of hydrogen-bond acceptors (Lipinski definition) is 5. The highest BCUT2D eigenvalue weighted by atomic mass is 19.1. The smallest absolute Gasteiger partial charge is 0.303 e. The van der Waals surface area contributed by atoms with Gasteiger partial charge in [-0.15, -0.1) is 0 Å². The average Bonchev–Trinajstić information content (AvgIpc) is 2.90. The average molecular weight is 404 g/mol. The van der Waals surface area contributed by atoms with Gasteiger partial charge in [0.05, 0.1) is 0 Å². The molecule has 4 aliphatic rings. The molecule has 0 aromatic heterocycles. The lowest BCUT2D eigenvalue weighted by atomic mass is 9.44. The number of esters is 1. The van der Waals surface area contributed by atoms with Crippen molar-refractivity contribution in [2.24, 2.45) is 22.7 Å². The van der Waals surface area contributed by atoms with Gasteiger partial charge in [0, 0.05) is 36.5 Å². The molecule has 0 aromatic carbocycles. The van der Waals surface area contributed by atoms with Gasteiger partial charge in [-0.3, -0.25) is 19.2 Å². The molecule has 4 aliphatic carbocycles. The van der Waals surface area contributed by atoms with E-state index in [9.17, 15) is 19.2 Å². The van der Waals surface area contributed by atoms with Crippen LogP contribution in [0.4, 0.5) is 4.39 Å². The Morgan fingerprint density at radius 2 is 1.76 bits per heavy atom. The lowest BCUT2D eigenvalue weighted by Crippen LogP contribution is -2.68. The highest BCUT2D eigenvalue weighted by Gasteiger charge is 2.75. The monoisotopic (exact) mass is 404 g/mol. The number of Topliss-reactive ketones (excluding diaryl/α,β-unsaturated/α-hetero) is 2. The first-order valence-electron chi connectivity index (χ1n) is 10.6. The SMILES string of the molecule is CC(=O)O[C@]1(C(C)=O)CC[C@H]2[C@@H]3CCC4=CC(=O)CC[C@]4(C)C3(F)C(=O)C[C@@]21C. The third-order valence-electron chi connectivity index (χ3n) is 8.81. The maximum Gasteiger partial charge on any atom is 0.303 e. The zero-order valence-electron chi connectivity index (χ0n) is 17.6. The van der Waals surface area contributed by atoms with Crippen molar-refractivity contribution in [2.45, 2.75) is 83.9 Å². The van der Waals surface area contributed by atoms with Crippen molar-refractivity contribution in [1.82, 2.24) is 0 Å². The number of fused-ring (bicyclic) bond motifs is 5. The first-order valence-corrected chi connectivity index (χ1v) is 10.6. The van der Waals surface area contributed by atoms with Crippen molar-refractivity contribution in [3.63, 3.8) is 0 Å². The number of halogens is 1. The van der Waals surface area contributed by atoms with Crippen LogP contribution in [-0.4, -0.2) is 34.6 Å². The van der Waals surface area contributed by atoms with E-state index in [1.807, 2.05) is 6.92 Å². The van der Waals surface area contributed by atoms with Gasteiger partial charge in [0.2, 0.25) is 0 Å². The minimum absolute atomic E-state index is 0.000979. The van der Waals surface area contributed by atoms with E-state index < -0.39 is 39.8 Å². The van der Waals surface area contributed by atoms with E-state index in [1.165, 1.54) is 13.8 Å². The maximum absolute atomic E-state index is 16.9. The van der Waals surface area contributed by atoms with Crippen LogP contribution < -0.4 is 0 Å². The molecule has 4 rings (SSSR count). The Morgan fingerprint density at radius 1 is 1.07 bits per heavy atom. The largest absolute Gasteiger partial charge is 0.451 e. The number of allylic oxidation sites excluding steroid dienone is 1. The quantitative estimate of drug-likeness (QED) is 0.656. The van der Waals surface area contributed by atoms with E-state index in [1.54, 1.807) is 13.0 Å². The molecular formula is C23H29FO5. The lowest BCUT2D eigenvalue weighted by molar-refractivity contribution is -0.199. The summed E-state index contributed by atoms with van der Waals surface area (Å²) in [5.74, 6) is -2.12. The zero-order chi connectivity index (χ0) is 21.4. The molecule has 29 heavy (non-hydrogen) atoms. The van der Waals surface area contributed by atoms with E-state index in [0.29, 0.717) is 32.1 Å². The number of alkyl halides is 1. The van der Waals surface area contributed by atoms with Crippen LogP contribution in [0, 0.1) is 22.7 Å². The predicted octanol–water partition coefficient (Wildman–Crippen LogP) is 3.68. The Labute approximate surface area is 170 Å². The number of carbonyl (C=O) groups excluding carboxylic acids is 4. The van der Waals surface area contributed by atoms with Crippen molar-refractivity contribution < 1.29 is 28.3 Å². The van der Waals surface area contributed by atoms with Crippen molar-refractivity contribution in [1.29, 1.82) is 0 Å². The lowest BCUT2D eigenvalue weighted by Gasteiger charge is -2.60. The van der Waals surface area contributed by atoms with Crippen LogP contribution in [0.5, 0.6) is 0 Å². The molecule has 5 nitrogen and oxygen atoms in total. The van der Waals surface area contributed by atoms with Gasteiger partial charge in [0.1, 0.15) is 0 Å². The Hall–Kier alpha value is -1.85. The van der Waals surface area contributed by atoms with Crippen molar-refractivity contribution in [3.05, 3.63) is 11.6 Å². The summed E-state index contributed by atoms with van der Waals surface area (Å²) in [4.78, 5) is 50.0. The molecule has 0 radical (unpaired) electrons. The number of hydrogen-bond donors (Lipinski definition) is 0. The van der Waals surface area contributed by atoms with Crippen molar-refractivity contribution >= 4 is 23.3 Å². The maximum atomic E-state index is 16.9. The molecule has 6 heteroatoms. The molecule has 6 atom stereocenters. The van der Waals surface area contributed by atoms with E-state index in [-0.39, 0.29) is 30.3 Å². The van der Waals surface area contributed by atoms with Gasteiger partial charge in [-0.1, -0.05) is 19.4 Å². The fourth-order valence-electron chi connectivity index (χ4n) is 7.34. The fraction of sp³-hybridized carbons (Fsp3) is 0.739. The molecule has 0 spiro atoms. The summed E-state index contributed by atoms with van der Waals surface area (Å²) < 4.78 is 22.5. The normalized spacial score (nSPS) is 46.3. The van der Waals surface area contributed by atoms with Crippen LogP contribution in [0.1, 0.15) is 72.6 Å². The number of ether oxygens (including phenoxy) is 1. The topological polar surface area (TPSA) is 77.5 Å². The Morgan fingerprint density at radius 3 is 2.38 bits per heavy atom. The summed E-state index contributed by atoms with van der Waals surface area (Å²) in [5, 5.41) is 0. The third kappa shape index (κ3) is 2.32. The first kappa shape index (κ1) is 20.4. The number of rotatable bonds is 2. The highest BCUT2D eigenvalue weighted by Crippen LogP contribution is 2.69. The van der Waals surface area contributed by atoms with Crippen LogP contribution in [0.25, 0.3) is 0 Å². The van der Waals surface area contributed by atoms with Crippen LogP contribution in [0.15, 0.2) is 11.6 Å². The predicted molar refractivity (Wildman–Crippen MR) is 103 cm³/mol. The molecule has 3 saturated carbocycles. The van der Waals surface area contributed by atoms with Gasteiger partial charge < -0.3 is 4.74 Å². The van der Waals surface area contributed by atoms with Gasteiger partial charge in [0.15, 0.2) is 28.6 Å². The van der Waals surface area contributed by atoms with E-state index in [2.05, 4.69) is 0 Å². The molecule has 0 amide bonds. The summed E-state index contributed by atoms with van der Waals surface area (Å²) in [6.45, 7) is 6.28. The third-order valence-corrected chi connectivity index (χ3v) is 8.81. The van der Waals surface area contributed by atoms with Crippen LogP contribution in [0.3, 0.4) is 0 Å². The molecule has 0 aromatic rings. The van der Waals surface area contributed by atoms with Gasteiger partial charge in [-0.2, -0.15) is 0 Å². The molecule has 3 fully saturated rings. The zero-order valence-corrected chi connectivity index (χ0v) is 17.6. The summed E-state index contributed by atoms with van der Waals surface area (Å²) >= 11 is 0. The molecular weight excluding hydrogens is 375 g/mol. The molecule has 0 heterocycles. The second-order valence-electron chi connectivity index (χ2n) is 9.96. The Bertz CT molecular complexity index is 861. The second kappa shape index (κ2) is 6.08. The van der Waals surface area contributed by atoms with Gasteiger partial charge >= 0.3 is 5.97 Å². The second-order valence-corrected chi connectivity index (χ2v) is 9.96. The van der Waals surface area contributed by atoms with Crippen molar-refractivity contribution in [3.8, 4) is 0 Å². The Balaban J connectivity index is 1.82. The van der Waals surface area contributed by atoms with Crippen LogP contribution >= 0.6 is 0 Å². The molecule has 0 saturated heterocycles. The minimum atomic E-state index is -2.05. The van der Waals surface area contributed by atoms with E-state index >= 15 is 4.39 Å². The van der Waals surface area contributed by atoms with Crippen molar-refractivity contribution in [2.75, 3.05) is 0 Å². The van der Waals surface area contributed by atoms with Gasteiger partial charge in [0.25, 0.3) is 0 Å². The molecule has 0 N–H and O–H groups in total. The van der Waals surface area contributed by atoms with Gasteiger partial charge in [-0.05, 0) is 51.0 Å². The first-order chi connectivity index (χ1) is 13.4. The fourth-order valence-corrected chi connectivity index (χ4v) is 7.34. The minimum Gasteiger partial charge on any atom is -0.451 e. The highest BCUT2D eigenvalue weighted by molar-refractivity contribution is 5.97. The van der Waals surface area contributed by atoms with Gasteiger partial charge in [-0.25, -0.2) is 4.39 Å². The van der Waals surface area contributed by atoms with Crippen LogP contribution in [-0.2, 0) is 23.9 Å². The van der Waals surface area contributed by atoms with E-state index in [4.69, 9.17) is 4.74 Å². The standard InChI is InChI=1S/C23H29FO5/c1-13(25)22(29-14(2)26)10-8-17-18-6-5-15-11-16(27)7-9-20(15,3)23(18,24)19(28)12-21(17,22)4/h11,17-18H,5-10,12H2,1-4H3/t17-,18-,20-,21-,22-,23?/m0/s1.